The number of nitrogens with two attached hydrogens (primary N) is 1. The third-order valence-corrected chi connectivity index (χ3v) is 2.43. The zero-order valence-corrected chi connectivity index (χ0v) is 10.6. The first-order valence-electron chi connectivity index (χ1n) is 5.60. The van der Waals surface area contributed by atoms with E-state index >= 15 is 0 Å². The highest BCUT2D eigenvalue weighted by Crippen LogP contribution is 2.29. The van der Waals surface area contributed by atoms with Crippen molar-refractivity contribution in [1.82, 2.24) is 5.32 Å². The number of carbonyl (C=O) groups excluding carboxylic acids is 1. The lowest BCUT2D eigenvalue weighted by Gasteiger charge is -2.24. The molecule has 0 aliphatic heterocycles. The molecule has 0 saturated heterocycles. The molecule has 106 valence electrons. The van der Waals surface area contributed by atoms with Crippen molar-refractivity contribution in [3.05, 3.63) is 29.8 Å². The van der Waals surface area contributed by atoms with Crippen molar-refractivity contribution in [1.29, 1.82) is 0 Å². The predicted molar refractivity (Wildman–Crippen MR) is 66.7 cm³/mol. The number of alkyl halides is 3. The van der Waals surface area contributed by atoms with Crippen LogP contribution in [0.25, 0.3) is 0 Å². The average molecular weight is 275 g/mol. The van der Waals surface area contributed by atoms with Gasteiger partial charge in [-0.2, -0.15) is 13.2 Å². The Balaban J connectivity index is 2.66. The number of urea groups is 1. The van der Waals surface area contributed by atoms with Gasteiger partial charge in [-0.05, 0) is 38.1 Å². The van der Waals surface area contributed by atoms with Crippen molar-refractivity contribution in [3.8, 4) is 0 Å². The first-order chi connectivity index (χ1) is 8.64. The number of halogens is 3. The smallest absolute Gasteiger partial charge is 0.332 e. The number of rotatable bonds is 3. The second kappa shape index (κ2) is 5.48. The van der Waals surface area contributed by atoms with Crippen molar-refractivity contribution in [2.24, 2.45) is 5.73 Å². The number of nitrogens with one attached hydrogen (secondary N) is 2. The molecular weight excluding hydrogens is 259 g/mol. The van der Waals surface area contributed by atoms with Crippen LogP contribution in [0.5, 0.6) is 0 Å². The second-order valence-corrected chi connectivity index (χ2v) is 4.74. The molecule has 0 atom stereocenters. The van der Waals surface area contributed by atoms with Crippen LogP contribution in [-0.2, 0) is 6.18 Å². The Bertz CT molecular complexity index is 441. The summed E-state index contributed by atoms with van der Waals surface area (Å²) in [6, 6.07) is 3.68. The van der Waals surface area contributed by atoms with Gasteiger partial charge in [0.05, 0.1) is 5.56 Å². The summed E-state index contributed by atoms with van der Waals surface area (Å²) >= 11 is 0. The maximum Gasteiger partial charge on any atom is 0.416 e. The quantitative estimate of drug-likeness (QED) is 0.793. The van der Waals surface area contributed by atoms with Crippen molar-refractivity contribution in [2.75, 3.05) is 11.9 Å². The van der Waals surface area contributed by atoms with Crippen LogP contribution in [0.15, 0.2) is 24.3 Å². The van der Waals surface area contributed by atoms with Gasteiger partial charge in [-0.15, -0.1) is 0 Å². The molecule has 0 radical (unpaired) electrons. The van der Waals surface area contributed by atoms with Crippen molar-refractivity contribution in [3.63, 3.8) is 0 Å². The maximum absolute atomic E-state index is 12.3. The van der Waals surface area contributed by atoms with Crippen molar-refractivity contribution in [2.45, 2.75) is 25.6 Å². The molecule has 1 aromatic carbocycles. The van der Waals surface area contributed by atoms with E-state index in [2.05, 4.69) is 10.6 Å². The first kappa shape index (κ1) is 15.3. The van der Waals surface area contributed by atoms with Gasteiger partial charge in [-0.1, -0.05) is 0 Å². The molecule has 0 bridgehead atoms. The summed E-state index contributed by atoms with van der Waals surface area (Å²) in [7, 11) is 0. The lowest BCUT2D eigenvalue weighted by Crippen LogP contribution is -2.50. The Morgan fingerprint density at radius 2 is 1.74 bits per heavy atom. The van der Waals surface area contributed by atoms with Crippen molar-refractivity contribution < 1.29 is 18.0 Å². The lowest BCUT2D eigenvalue weighted by molar-refractivity contribution is -0.137. The van der Waals surface area contributed by atoms with E-state index in [0.717, 1.165) is 12.1 Å². The maximum atomic E-state index is 12.3. The number of hydrogen-bond donors (Lipinski definition) is 3. The summed E-state index contributed by atoms with van der Waals surface area (Å²) in [6.45, 7) is 3.71. The molecule has 0 aliphatic carbocycles. The second-order valence-electron chi connectivity index (χ2n) is 4.74. The van der Waals surface area contributed by atoms with Crippen LogP contribution in [0.3, 0.4) is 0 Å². The molecule has 4 nitrogen and oxygen atoms in total. The predicted octanol–water partition coefficient (Wildman–Crippen LogP) is 2.56. The Labute approximate surface area is 109 Å². The van der Waals surface area contributed by atoms with E-state index in [-0.39, 0.29) is 12.2 Å². The molecule has 0 heterocycles. The Kier molecular flexibility index (Phi) is 4.41. The van der Waals surface area contributed by atoms with E-state index in [9.17, 15) is 18.0 Å². The summed E-state index contributed by atoms with van der Waals surface area (Å²) in [5.41, 5.74) is 4.37. The van der Waals surface area contributed by atoms with E-state index in [1.54, 1.807) is 13.8 Å². The molecule has 0 spiro atoms. The highest BCUT2D eigenvalue weighted by molar-refractivity contribution is 5.89. The average Bonchev–Trinajstić information content (AvgIpc) is 2.27. The van der Waals surface area contributed by atoms with Gasteiger partial charge in [0.1, 0.15) is 0 Å². The molecule has 1 rings (SSSR count). The fourth-order valence-electron chi connectivity index (χ4n) is 1.26. The largest absolute Gasteiger partial charge is 0.416 e. The number of anilines is 1. The molecule has 4 N–H and O–H groups in total. The molecule has 7 heteroatoms. The van der Waals surface area contributed by atoms with Gasteiger partial charge in [0.25, 0.3) is 0 Å². The third kappa shape index (κ3) is 4.78. The van der Waals surface area contributed by atoms with Crippen LogP contribution in [0.1, 0.15) is 19.4 Å². The van der Waals surface area contributed by atoms with Crippen LogP contribution < -0.4 is 16.4 Å². The Hall–Kier alpha value is -1.76. The van der Waals surface area contributed by atoms with Crippen LogP contribution in [0.4, 0.5) is 23.7 Å². The van der Waals surface area contributed by atoms with Crippen LogP contribution in [0, 0.1) is 0 Å². The molecule has 0 aliphatic rings. The topological polar surface area (TPSA) is 67.1 Å². The molecule has 0 aromatic heterocycles. The van der Waals surface area contributed by atoms with E-state index in [1.165, 1.54) is 12.1 Å². The number of hydrogen-bond acceptors (Lipinski definition) is 2. The van der Waals surface area contributed by atoms with E-state index in [1.807, 2.05) is 0 Å². The van der Waals surface area contributed by atoms with Gasteiger partial charge in [0, 0.05) is 17.8 Å². The summed E-state index contributed by atoms with van der Waals surface area (Å²) < 4.78 is 37.0. The standard InChI is InChI=1S/C12H16F3N3O/c1-11(2,7-16)18-10(19)17-9-5-3-8(4-6-9)12(13,14)15/h3-6H,7,16H2,1-2H3,(H2,17,18,19). The van der Waals surface area contributed by atoms with Gasteiger partial charge in [0.15, 0.2) is 0 Å². The highest BCUT2D eigenvalue weighted by Gasteiger charge is 2.30. The third-order valence-electron chi connectivity index (χ3n) is 2.43. The molecule has 0 unspecified atom stereocenters. The molecule has 1 aromatic rings. The van der Waals surface area contributed by atoms with Gasteiger partial charge < -0.3 is 16.4 Å². The molecule has 0 saturated carbocycles. The SMILES string of the molecule is CC(C)(CN)NC(=O)Nc1ccc(C(F)(F)F)cc1. The molecular formula is C12H16F3N3O. The molecule has 2 amide bonds. The fourth-order valence-corrected chi connectivity index (χ4v) is 1.26. The van der Waals surface area contributed by atoms with E-state index in [0.29, 0.717) is 0 Å². The number of amides is 2. The summed E-state index contributed by atoms with van der Waals surface area (Å²) in [6.07, 6.45) is -4.39. The number of carbonyl (C=O) groups is 1. The fraction of sp³-hybridized carbons (Fsp3) is 0.417. The zero-order valence-electron chi connectivity index (χ0n) is 10.6. The van der Waals surface area contributed by atoms with Crippen molar-refractivity contribution >= 4 is 11.7 Å². The minimum Gasteiger partial charge on any atom is -0.332 e. The van der Waals surface area contributed by atoms with Gasteiger partial charge in [-0.25, -0.2) is 4.79 Å². The van der Waals surface area contributed by atoms with Gasteiger partial charge in [0.2, 0.25) is 0 Å². The van der Waals surface area contributed by atoms with E-state index in [4.69, 9.17) is 5.73 Å². The van der Waals surface area contributed by atoms with Gasteiger partial charge in [-0.3, -0.25) is 0 Å². The highest BCUT2D eigenvalue weighted by atomic mass is 19.4. The minimum absolute atomic E-state index is 0.243. The zero-order chi connectivity index (χ0) is 14.7. The Morgan fingerprint density at radius 3 is 2.16 bits per heavy atom. The first-order valence-corrected chi connectivity index (χ1v) is 5.60. The lowest BCUT2D eigenvalue weighted by atomic mass is 10.1. The monoisotopic (exact) mass is 275 g/mol. The summed E-state index contributed by atoms with van der Waals surface area (Å²) in [5.74, 6) is 0. The van der Waals surface area contributed by atoms with Crippen LogP contribution >= 0.6 is 0 Å². The van der Waals surface area contributed by atoms with Gasteiger partial charge >= 0.3 is 12.2 Å². The summed E-state index contributed by atoms with van der Waals surface area (Å²) in [4.78, 5) is 11.6. The number of benzene rings is 1. The summed E-state index contributed by atoms with van der Waals surface area (Å²) in [5, 5.41) is 5.04. The van der Waals surface area contributed by atoms with Crippen LogP contribution in [0.2, 0.25) is 0 Å². The van der Waals surface area contributed by atoms with E-state index < -0.39 is 23.3 Å². The Morgan fingerprint density at radius 1 is 1.21 bits per heavy atom. The molecule has 0 fully saturated rings. The molecule has 19 heavy (non-hydrogen) atoms. The normalized spacial score (nSPS) is 12.1. The van der Waals surface area contributed by atoms with Crippen LogP contribution in [-0.4, -0.2) is 18.1 Å². The minimum atomic E-state index is -4.39.